The molecule has 3 aromatic rings. The van der Waals surface area contributed by atoms with Crippen LogP contribution < -0.4 is 14.8 Å². The Morgan fingerprint density at radius 2 is 1.80 bits per heavy atom. The first kappa shape index (κ1) is 42.6. The summed E-state index contributed by atoms with van der Waals surface area (Å²) in [7, 11) is 1.61. The molecule has 2 amide bonds. The number of pyridine rings is 1. The second-order valence-corrected chi connectivity index (χ2v) is 18.3. The fourth-order valence-corrected chi connectivity index (χ4v) is 8.46. The summed E-state index contributed by atoms with van der Waals surface area (Å²) in [4.78, 5) is 67.3. The fraction of sp³-hybridized carbons (Fsp3) is 0.581. The number of carbonyl (C=O) groups is 4. The Bertz CT molecular complexity index is 2000. The highest BCUT2D eigenvalue weighted by Gasteiger charge is 2.62. The Morgan fingerprint density at radius 3 is 2.36 bits per heavy atom. The maximum atomic E-state index is 14.8. The van der Waals surface area contributed by atoms with Gasteiger partial charge in [0.1, 0.15) is 39.9 Å². The van der Waals surface area contributed by atoms with E-state index in [4.69, 9.17) is 28.9 Å². The van der Waals surface area contributed by atoms with E-state index >= 15 is 0 Å². The molecule has 0 radical (unpaired) electrons. The Labute approximate surface area is 334 Å². The van der Waals surface area contributed by atoms with Gasteiger partial charge in [0, 0.05) is 34.7 Å². The number of likely N-dealkylation sites (tertiary alicyclic amines) is 1. The van der Waals surface area contributed by atoms with Crippen molar-refractivity contribution in [3.63, 3.8) is 0 Å². The first-order chi connectivity index (χ1) is 26.1. The van der Waals surface area contributed by atoms with Crippen LogP contribution in [0.5, 0.6) is 11.5 Å². The number of esters is 1. The molecule has 3 heterocycles. The van der Waals surface area contributed by atoms with Gasteiger partial charge in [-0.1, -0.05) is 47.6 Å². The summed E-state index contributed by atoms with van der Waals surface area (Å²) in [6.07, 6.45) is 0.590. The number of carbonyl (C=O) groups excluding carboxylic acids is 4. The topological polar surface area (TPSA) is 146 Å². The standard InChI is InChI=1S/C43H58N4O8S/c1-14-26-19-43(26,39(50)53-15-2)20-30(48)35-25(6)33(21-47(35)38(49)36(41(7,8)9)46-40(51)55-42(10,11)12)54-32-18-28(37-45-29(22-56-37)23(3)4)44-34-24(5)31(52-13)17-16-27(32)34/h14,16-18,22-23,25-26,33,35-36H,1,15,19-21H2,2-13H3,(H,46,51)/t25-,26-,33+,35+,36-,43-/m1/s1. The minimum atomic E-state index is -1.05. The Hall–Kier alpha value is -4.52. The number of rotatable bonds is 13. The third-order valence-corrected chi connectivity index (χ3v) is 11.6. The molecule has 6 atom stereocenters. The number of nitrogens with one attached hydrogen (secondary N) is 1. The Morgan fingerprint density at radius 1 is 1.11 bits per heavy atom. The fourth-order valence-electron chi connectivity index (χ4n) is 7.52. The first-order valence-corrected chi connectivity index (χ1v) is 20.3. The van der Waals surface area contributed by atoms with Gasteiger partial charge in [-0.3, -0.25) is 14.4 Å². The summed E-state index contributed by atoms with van der Waals surface area (Å²) in [5.74, 6) is -0.507. The predicted molar refractivity (Wildman–Crippen MR) is 217 cm³/mol. The van der Waals surface area contributed by atoms with E-state index in [1.165, 1.54) is 16.2 Å². The summed E-state index contributed by atoms with van der Waals surface area (Å²) < 4.78 is 23.6. The van der Waals surface area contributed by atoms with Crippen LogP contribution in [-0.2, 0) is 23.9 Å². The average molecular weight is 791 g/mol. The average Bonchev–Trinajstić information content (AvgIpc) is 3.41. The maximum absolute atomic E-state index is 14.8. The van der Waals surface area contributed by atoms with Crippen LogP contribution in [0.15, 0.2) is 36.2 Å². The van der Waals surface area contributed by atoms with E-state index in [-0.39, 0.29) is 37.2 Å². The molecule has 56 heavy (non-hydrogen) atoms. The number of Topliss-reactive ketones (excluding diaryl/α,β-unsaturated/α-hetero) is 1. The number of aryl methyl sites for hydroxylation is 1. The number of hydrogen-bond donors (Lipinski definition) is 1. The quantitative estimate of drug-likeness (QED) is 0.133. The van der Waals surface area contributed by atoms with Crippen molar-refractivity contribution in [3.8, 4) is 22.2 Å². The van der Waals surface area contributed by atoms with Crippen molar-refractivity contribution in [2.24, 2.45) is 22.7 Å². The van der Waals surface area contributed by atoms with Gasteiger partial charge in [0.15, 0.2) is 5.78 Å². The molecule has 1 saturated heterocycles. The molecule has 0 bridgehead atoms. The number of ketones is 1. The zero-order chi connectivity index (χ0) is 41.5. The summed E-state index contributed by atoms with van der Waals surface area (Å²) in [5, 5.41) is 6.30. The molecule has 1 N–H and O–H groups in total. The van der Waals surface area contributed by atoms with E-state index in [9.17, 15) is 19.2 Å². The van der Waals surface area contributed by atoms with Gasteiger partial charge < -0.3 is 29.2 Å². The van der Waals surface area contributed by atoms with Crippen LogP contribution in [0.4, 0.5) is 4.79 Å². The molecule has 5 rings (SSSR count). The molecule has 1 aliphatic carbocycles. The second kappa shape index (κ2) is 16.1. The highest BCUT2D eigenvalue weighted by Crippen LogP contribution is 2.57. The summed E-state index contributed by atoms with van der Waals surface area (Å²) in [5.41, 5.74) is 0.479. The summed E-state index contributed by atoms with van der Waals surface area (Å²) in [6.45, 7) is 24.6. The number of alkyl carbamates (subject to hydrolysis) is 1. The van der Waals surface area contributed by atoms with Gasteiger partial charge >= 0.3 is 12.1 Å². The van der Waals surface area contributed by atoms with Gasteiger partial charge in [-0.05, 0) is 70.4 Å². The maximum Gasteiger partial charge on any atom is 0.408 e. The lowest BCUT2D eigenvalue weighted by molar-refractivity contribution is -0.152. The molecule has 0 unspecified atom stereocenters. The van der Waals surface area contributed by atoms with Crippen molar-refractivity contribution < 1.29 is 38.1 Å². The van der Waals surface area contributed by atoms with Crippen molar-refractivity contribution in [2.45, 2.75) is 119 Å². The smallest absolute Gasteiger partial charge is 0.408 e. The molecule has 12 nitrogen and oxygen atoms in total. The monoisotopic (exact) mass is 790 g/mol. The van der Waals surface area contributed by atoms with E-state index in [1.807, 2.05) is 58.2 Å². The molecule has 304 valence electrons. The SMILES string of the molecule is C=C[C@@H]1C[C@]1(CC(=O)[C@@H]1[C@H](C)[C@@H](Oc2cc(-c3nc(C(C)C)cs3)nc3c(C)c(OC)ccc23)CN1C(=O)[C@@H](NC(=O)OC(C)(C)C)C(C)(C)C)C(=O)OCC. The number of nitrogens with zero attached hydrogens (tertiary/aromatic N) is 3. The molecular weight excluding hydrogens is 733 g/mol. The Balaban J connectivity index is 1.58. The van der Waals surface area contributed by atoms with E-state index in [1.54, 1.807) is 40.9 Å². The third-order valence-electron chi connectivity index (χ3n) is 10.8. The van der Waals surface area contributed by atoms with Crippen molar-refractivity contribution in [1.29, 1.82) is 0 Å². The van der Waals surface area contributed by atoms with Crippen molar-refractivity contribution in [1.82, 2.24) is 20.2 Å². The summed E-state index contributed by atoms with van der Waals surface area (Å²) in [6, 6.07) is 3.59. The molecule has 1 aromatic carbocycles. The van der Waals surface area contributed by atoms with Crippen LogP contribution in [-0.4, -0.2) is 82.7 Å². The second-order valence-electron chi connectivity index (χ2n) is 17.5. The highest BCUT2D eigenvalue weighted by molar-refractivity contribution is 7.13. The number of allylic oxidation sites excluding steroid dienone is 1. The van der Waals surface area contributed by atoms with E-state index in [2.05, 4.69) is 25.7 Å². The lowest BCUT2D eigenvalue weighted by Crippen LogP contribution is -2.57. The molecule has 2 aromatic heterocycles. The van der Waals surface area contributed by atoms with Crippen LogP contribution in [0.1, 0.15) is 99.3 Å². The number of methoxy groups -OCH3 is 1. The van der Waals surface area contributed by atoms with Gasteiger partial charge in [0.2, 0.25) is 5.91 Å². The van der Waals surface area contributed by atoms with Crippen molar-refractivity contribution in [3.05, 3.63) is 47.5 Å². The van der Waals surface area contributed by atoms with Crippen LogP contribution in [0.2, 0.25) is 0 Å². The molecule has 2 fully saturated rings. The highest BCUT2D eigenvalue weighted by atomic mass is 32.1. The number of thiazole rings is 1. The van der Waals surface area contributed by atoms with Crippen LogP contribution in [0.3, 0.4) is 0 Å². The normalized spacial score (nSPS) is 22.8. The van der Waals surface area contributed by atoms with Gasteiger partial charge in [-0.25, -0.2) is 14.8 Å². The first-order valence-electron chi connectivity index (χ1n) is 19.4. The van der Waals surface area contributed by atoms with Gasteiger partial charge in [0.05, 0.1) is 42.9 Å². The number of ether oxygens (including phenoxy) is 4. The number of aromatic nitrogens is 2. The van der Waals surface area contributed by atoms with Crippen molar-refractivity contribution >= 4 is 46.0 Å². The largest absolute Gasteiger partial charge is 0.496 e. The number of amides is 2. The number of benzene rings is 1. The van der Waals surface area contributed by atoms with E-state index in [0.29, 0.717) is 29.1 Å². The zero-order valence-corrected chi connectivity index (χ0v) is 35.7. The van der Waals surface area contributed by atoms with E-state index in [0.717, 1.165) is 21.7 Å². The Kier molecular flexibility index (Phi) is 12.3. The molecule has 0 spiro atoms. The van der Waals surface area contributed by atoms with Gasteiger partial charge in [-0.15, -0.1) is 17.9 Å². The summed E-state index contributed by atoms with van der Waals surface area (Å²) >= 11 is 1.50. The van der Waals surface area contributed by atoms with Crippen LogP contribution in [0, 0.1) is 29.6 Å². The van der Waals surface area contributed by atoms with E-state index < -0.39 is 58.5 Å². The zero-order valence-electron chi connectivity index (χ0n) is 34.9. The van der Waals surface area contributed by atoms with Crippen LogP contribution in [0.25, 0.3) is 21.6 Å². The van der Waals surface area contributed by atoms with Gasteiger partial charge in [0.25, 0.3) is 0 Å². The number of fused-ring (bicyclic) bond motifs is 1. The lowest BCUT2D eigenvalue weighted by atomic mass is 9.84. The van der Waals surface area contributed by atoms with Gasteiger partial charge in [-0.2, -0.15) is 0 Å². The third kappa shape index (κ3) is 8.72. The predicted octanol–water partition coefficient (Wildman–Crippen LogP) is 8.05. The molecule has 13 heteroatoms. The molecular formula is C43H58N4O8S. The minimum absolute atomic E-state index is 0.0410. The van der Waals surface area contributed by atoms with Crippen molar-refractivity contribution in [2.75, 3.05) is 20.3 Å². The minimum Gasteiger partial charge on any atom is -0.496 e. The van der Waals surface area contributed by atoms with Crippen LogP contribution >= 0.6 is 11.3 Å². The lowest BCUT2D eigenvalue weighted by Gasteiger charge is -2.36. The molecule has 1 aliphatic heterocycles. The molecule has 1 saturated carbocycles. The number of hydrogen-bond acceptors (Lipinski definition) is 11. The molecule has 2 aliphatic rings.